The molecular formula is C16H17ClF4N2S. The van der Waals surface area contributed by atoms with Crippen LogP contribution in [0, 0.1) is 5.82 Å². The van der Waals surface area contributed by atoms with E-state index in [4.69, 9.17) is 0 Å². The van der Waals surface area contributed by atoms with Gasteiger partial charge in [0, 0.05) is 31.7 Å². The molecule has 1 aliphatic heterocycles. The van der Waals surface area contributed by atoms with Gasteiger partial charge < -0.3 is 5.32 Å². The van der Waals surface area contributed by atoms with Gasteiger partial charge in [0.2, 0.25) is 0 Å². The highest BCUT2D eigenvalue weighted by Gasteiger charge is 2.33. The SMILES string of the molecule is Cl.Fc1cc(C(F)(F)F)ccc1[C@H](c1ccsc1)N1CCNCC1. The fourth-order valence-corrected chi connectivity index (χ4v) is 3.56. The Morgan fingerprint density at radius 1 is 1.12 bits per heavy atom. The van der Waals surface area contributed by atoms with Gasteiger partial charge in [-0.3, -0.25) is 4.90 Å². The molecule has 0 radical (unpaired) electrons. The van der Waals surface area contributed by atoms with Crippen molar-refractivity contribution < 1.29 is 17.6 Å². The molecule has 24 heavy (non-hydrogen) atoms. The third-order valence-corrected chi connectivity index (χ3v) is 4.70. The van der Waals surface area contributed by atoms with E-state index >= 15 is 0 Å². The van der Waals surface area contributed by atoms with E-state index in [2.05, 4.69) is 10.2 Å². The Hall–Kier alpha value is -1.15. The Balaban J connectivity index is 0.00000208. The van der Waals surface area contributed by atoms with Crippen LogP contribution in [0.3, 0.4) is 0 Å². The number of piperazine rings is 1. The maximum atomic E-state index is 14.4. The third-order valence-electron chi connectivity index (χ3n) is 4.00. The number of nitrogens with zero attached hydrogens (tertiary/aromatic N) is 1. The molecule has 2 nitrogen and oxygen atoms in total. The van der Waals surface area contributed by atoms with Crippen LogP contribution in [0.15, 0.2) is 35.0 Å². The highest BCUT2D eigenvalue weighted by Crippen LogP contribution is 2.35. The van der Waals surface area contributed by atoms with E-state index in [1.54, 1.807) is 0 Å². The summed E-state index contributed by atoms with van der Waals surface area (Å²) in [6.45, 7) is 3.01. The first kappa shape index (κ1) is 19.2. The van der Waals surface area contributed by atoms with E-state index in [0.29, 0.717) is 11.6 Å². The Morgan fingerprint density at radius 3 is 2.38 bits per heavy atom. The first-order valence-corrected chi connectivity index (χ1v) is 8.24. The molecule has 1 aromatic heterocycles. The molecule has 0 aliphatic carbocycles. The van der Waals surface area contributed by atoms with Crippen molar-refractivity contribution in [2.24, 2.45) is 0 Å². The van der Waals surface area contributed by atoms with Gasteiger partial charge in [-0.1, -0.05) is 6.07 Å². The third kappa shape index (κ3) is 4.08. The van der Waals surface area contributed by atoms with Crippen LogP contribution in [0.5, 0.6) is 0 Å². The summed E-state index contributed by atoms with van der Waals surface area (Å²) in [5.41, 5.74) is 0.247. The van der Waals surface area contributed by atoms with Gasteiger partial charge in [-0.2, -0.15) is 24.5 Å². The normalized spacial score (nSPS) is 17.3. The summed E-state index contributed by atoms with van der Waals surface area (Å²) < 4.78 is 52.7. The molecule has 0 bridgehead atoms. The molecule has 2 heterocycles. The van der Waals surface area contributed by atoms with Crippen LogP contribution in [0.25, 0.3) is 0 Å². The van der Waals surface area contributed by atoms with Gasteiger partial charge >= 0.3 is 6.18 Å². The molecular weight excluding hydrogens is 364 g/mol. The van der Waals surface area contributed by atoms with Gasteiger partial charge in [0.05, 0.1) is 11.6 Å². The molecule has 1 atom stereocenters. The van der Waals surface area contributed by atoms with E-state index in [1.165, 1.54) is 17.4 Å². The largest absolute Gasteiger partial charge is 0.416 e. The summed E-state index contributed by atoms with van der Waals surface area (Å²) in [6.07, 6.45) is -4.54. The fraction of sp³-hybridized carbons (Fsp3) is 0.375. The lowest BCUT2D eigenvalue weighted by Crippen LogP contribution is -2.45. The van der Waals surface area contributed by atoms with Gasteiger partial charge in [-0.05, 0) is 34.5 Å². The lowest BCUT2D eigenvalue weighted by Gasteiger charge is -2.35. The number of rotatable bonds is 3. The van der Waals surface area contributed by atoms with Gasteiger partial charge in [-0.15, -0.1) is 12.4 Å². The summed E-state index contributed by atoms with van der Waals surface area (Å²) in [6, 6.07) is 4.36. The number of hydrogen-bond donors (Lipinski definition) is 1. The van der Waals surface area contributed by atoms with E-state index in [1.807, 2.05) is 16.8 Å². The van der Waals surface area contributed by atoms with Crippen molar-refractivity contribution in [3.05, 3.63) is 57.5 Å². The van der Waals surface area contributed by atoms with Crippen LogP contribution in [-0.4, -0.2) is 31.1 Å². The van der Waals surface area contributed by atoms with Crippen molar-refractivity contribution in [1.29, 1.82) is 0 Å². The van der Waals surface area contributed by atoms with Crippen LogP contribution in [-0.2, 0) is 6.18 Å². The average molecular weight is 381 g/mol. The monoisotopic (exact) mass is 380 g/mol. The van der Waals surface area contributed by atoms with Gasteiger partial charge in [0.15, 0.2) is 0 Å². The van der Waals surface area contributed by atoms with Crippen molar-refractivity contribution in [3.63, 3.8) is 0 Å². The summed E-state index contributed by atoms with van der Waals surface area (Å²) >= 11 is 1.50. The standard InChI is InChI=1S/C16H16F4N2S.ClH/c17-14-9-12(16(18,19)20)1-2-13(14)15(11-3-8-23-10-11)22-6-4-21-5-7-22;/h1-3,8-10,15,21H,4-7H2;1H/t15-;/m0./s1. The molecule has 0 spiro atoms. The molecule has 132 valence electrons. The molecule has 0 unspecified atom stereocenters. The smallest absolute Gasteiger partial charge is 0.314 e. The molecule has 0 saturated carbocycles. The molecule has 3 rings (SSSR count). The summed E-state index contributed by atoms with van der Waals surface area (Å²) in [7, 11) is 0. The quantitative estimate of drug-likeness (QED) is 0.798. The number of thiophene rings is 1. The first-order chi connectivity index (χ1) is 11.0. The second-order valence-corrected chi connectivity index (χ2v) is 6.26. The Labute approximate surface area is 147 Å². The second kappa shape index (κ2) is 7.82. The minimum Gasteiger partial charge on any atom is -0.314 e. The molecule has 2 aromatic rings. The lowest BCUT2D eigenvalue weighted by atomic mass is 9.97. The molecule has 8 heteroatoms. The Bertz CT molecular complexity index is 655. The predicted octanol–water partition coefficient (Wildman–Crippen LogP) is 4.32. The van der Waals surface area contributed by atoms with Crippen LogP contribution >= 0.6 is 23.7 Å². The van der Waals surface area contributed by atoms with Gasteiger partial charge in [0.1, 0.15) is 5.82 Å². The summed E-state index contributed by atoms with van der Waals surface area (Å²) in [5.74, 6) is -0.811. The van der Waals surface area contributed by atoms with Gasteiger partial charge in [-0.25, -0.2) is 4.39 Å². The summed E-state index contributed by atoms with van der Waals surface area (Å²) in [5, 5.41) is 7.04. The maximum Gasteiger partial charge on any atom is 0.416 e. The lowest BCUT2D eigenvalue weighted by molar-refractivity contribution is -0.137. The fourth-order valence-electron chi connectivity index (χ4n) is 2.88. The Morgan fingerprint density at radius 2 is 1.83 bits per heavy atom. The van der Waals surface area contributed by atoms with Gasteiger partial charge in [0.25, 0.3) is 0 Å². The highest BCUT2D eigenvalue weighted by atomic mass is 35.5. The van der Waals surface area contributed by atoms with E-state index in [9.17, 15) is 17.6 Å². The molecule has 1 aromatic carbocycles. The topological polar surface area (TPSA) is 15.3 Å². The number of nitrogens with one attached hydrogen (secondary N) is 1. The van der Waals surface area contributed by atoms with E-state index in [-0.39, 0.29) is 18.4 Å². The van der Waals surface area contributed by atoms with Crippen molar-refractivity contribution in [2.45, 2.75) is 12.2 Å². The van der Waals surface area contributed by atoms with Crippen molar-refractivity contribution in [2.75, 3.05) is 26.2 Å². The number of alkyl halides is 3. The number of hydrogen-bond acceptors (Lipinski definition) is 3. The van der Waals surface area contributed by atoms with Crippen LogP contribution in [0.4, 0.5) is 17.6 Å². The zero-order valence-electron chi connectivity index (χ0n) is 12.6. The number of halogens is 5. The average Bonchev–Trinajstić information content (AvgIpc) is 3.03. The van der Waals surface area contributed by atoms with E-state index in [0.717, 1.165) is 37.8 Å². The number of benzene rings is 1. The predicted molar refractivity (Wildman–Crippen MR) is 89.3 cm³/mol. The van der Waals surface area contributed by atoms with Crippen LogP contribution in [0.1, 0.15) is 22.7 Å². The first-order valence-electron chi connectivity index (χ1n) is 7.30. The van der Waals surface area contributed by atoms with Crippen molar-refractivity contribution in [1.82, 2.24) is 10.2 Å². The van der Waals surface area contributed by atoms with E-state index < -0.39 is 17.6 Å². The zero-order valence-corrected chi connectivity index (χ0v) is 14.3. The molecule has 1 N–H and O–H groups in total. The van der Waals surface area contributed by atoms with Crippen molar-refractivity contribution >= 4 is 23.7 Å². The Kier molecular flexibility index (Phi) is 6.25. The molecule has 1 fully saturated rings. The molecule has 0 amide bonds. The molecule has 1 aliphatic rings. The maximum absolute atomic E-state index is 14.4. The molecule has 1 saturated heterocycles. The van der Waals surface area contributed by atoms with Crippen LogP contribution < -0.4 is 5.32 Å². The summed E-state index contributed by atoms with van der Waals surface area (Å²) in [4.78, 5) is 2.10. The second-order valence-electron chi connectivity index (χ2n) is 5.48. The van der Waals surface area contributed by atoms with Crippen LogP contribution in [0.2, 0.25) is 0 Å². The minimum atomic E-state index is -4.54. The van der Waals surface area contributed by atoms with Crippen molar-refractivity contribution in [3.8, 4) is 0 Å². The highest BCUT2D eigenvalue weighted by molar-refractivity contribution is 7.08. The minimum absolute atomic E-state index is 0. The zero-order chi connectivity index (χ0) is 16.4.